The Morgan fingerprint density at radius 3 is 2.14 bits per heavy atom. The average molecular weight is 613 g/mol. The molecule has 2 aliphatic rings. The second-order valence-electron chi connectivity index (χ2n) is 11.0. The van der Waals surface area contributed by atoms with Gasteiger partial charge >= 0.3 is 0 Å². The molecule has 0 atom stereocenters. The molecule has 2 saturated heterocycles. The van der Waals surface area contributed by atoms with Crippen LogP contribution in [0.1, 0.15) is 42.6 Å². The van der Waals surface area contributed by atoms with Crippen LogP contribution in [0.25, 0.3) is 22.4 Å². The monoisotopic (exact) mass is 611 g/mol. The number of likely N-dealkylation sites (tertiary alicyclic amines) is 2. The zero-order chi connectivity index (χ0) is 30.0. The van der Waals surface area contributed by atoms with Gasteiger partial charge in [-0.05, 0) is 86.8 Å². The van der Waals surface area contributed by atoms with Crippen molar-refractivity contribution >= 4 is 40.9 Å². The fourth-order valence-electron chi connectivity index (χ4n) is 6.22. The summed E-state index contributed by atoms with van der Waals surface area (Å²) in [6, 6.07) is 14.3. The highest BCUT2D eigenvalue weighted by Crippen LogP contribution is 2.40. The summed E-state index contributed by atoms with van der Waals surface area (Å²) in [4.78, 5) is 41.9. The van der Waals surface area contributed by atoms with Crippen LogP contribution in [0.4, 0.5) is 0 Å². The molecule has 0 aliphatic carbocycles. The topological polar surface area (TPSA) is 124 Å². The molecule has 0 radical (unpaired) electrons. The van der Waals surface area contributed by atoms with Gasteiger partial charge in [-0.2, -0.15) is 0 Å². The minimum Gasteiger partial charge on any atom is -0.484 e. The number of ether oxygens (including phenoxy) is 1. The van der Waals surface area contributed by atoms with Crippen LogP contribution in [0.15, 0.2) is 48.5 Å². The second kappa shape index (κ2) is 12.4. The summed E-state index contributed by atoms with van der Waals surface area (Å²) in [5.41, 5.74) is 14.0. The molecule has 1 aromatic heterocycles. The van der Waals surface area contributed by atoms with Crippen LogP contribution in [0.5, 0.6) is 5.75 Å². The summed E-state index contributed by atoms with van der Waals surface area (Å²) in [6.07, 6.45) is 4.28. The summed E-state index contributed by atoms with van der Waals surface area (Å²) < 4.78 is 7.29. The lowest BCUT2D eigenvalue weighted by Crippen LogP contribution is -2.63. The molecule has 9 nitrogen and oxygen atoms in total. The Labute approximate surface area is 255 Å². The van der Waals surface area contributed by atoms with Gasteiger partial charge in [-0.25, -0.2) is 0 Å². The summed E-state index contributed by atoms with van der Waals surface area (Å²) in [5, 5.41) is 0.967. The second-order valence-corrected chi connectivity index (χ2v) is 11.8. The molecule has 0 saturated carbocycles. The number of carbonyl (C=O) groups excluding carboxylic acids is 3. The van der Waals surface area contributed by atoms with E-state index in [1.165, 1.54) is 0 Å². The molecule has 2 aromatic carbocycles. The number of carbonyl (C=O) groups is 3. The van der Waals surface area contributed by atoms with Crippen LogP contribution in [-0.4, -0.2) is 70.4 Å². The third-order valence-corrected chi connectivity index (χ3v) is 9.03. The van der Waals surface area contributed by atoms with Crippen molar-refractivity contribution in [3.05, 3.63) is 64.3 Å². The van der Waals surface area contributed by atoms with Gasteiger partial charge in [-0.3, -0.25) is 19.3 Å². The normalized spacial score (nSPS) is 17.2. The first-order valence-corrected chi connectivity index (χ1v) is 14.9. The van der Waals surface area contributed by atoms with Gasteiger partial charge in [0.2, 0.25) is 5.91 Å². The van der Waals surface area contributed by atoms with E-state index in [0.717, 1.165) is 54.7 Å². The Balaban J connectivity index is 1.47. The van der Waals surface area contributed by atoms with Crippen LogP contribution < -0.4 is 16.2 Å². The number of aromatic nitrogens is 1. The Morgan fingerprint density at radius 2 is 1.55 bits per heavy atom. The lowest BCUT2D eigenvalue weighted by Gasteiger charge is -2.48. The standard InChI is InChI=1S/C31H35Cl2N5O4/c1-36-26(29(40)37-15-11-31(12-16-37,30(35)41)38-13-3-2-4-14-38)18-24(23-10-7-21(32)17-25(23)33)28(36)20-5-8-22(9-6-20)42-19-27(34)39/h5-10,17-18H,2-4,11-16,19H2,1H3,(H2,34,39)(H2,35,41). The Kier molecular flexibility index (Phi) is 8.82. The van der Waals surface area contributed by atoms with Gasteiger partial charge < -0.3 is 25.7 Å². The number of halogens is 2. The Morgan fingerprint density at radius 1 is 0.881 bits per heavy atom. The minimum atomic E-state index is -0.711. The van der Waals surface area contributed by atoms with E-state index in [4.69, 9.17) is 39.4 Å². The fourth-order valence-corrected chi connectivity index (χ4v) is 6.73. The van der Waals surface area contributed by atoms with Crippen LogP contribution in [0.2, 0.25) is 10.0 Å². The SMILES string of the molecule is Cn1c(C(=O)N2CCC(C(N)=O)(N3CCCCC3)CC2)cc(-c2ccc(Cl)cc2Cl)c1-c1ccc(OCC(N)=O)cc1. The van der Waals surface area contributed by atoms with Gasteiger partial charge in [0.05, 0.1) is 5.69 Å². The first-order valence-electron chi connectivity index (χ1n) is 14.1. The molecule has 3 heterocycles. The van der Waals surface area contributed by atoms with Crippen molar-refractivity contribution in [1.29, 1.82) is 0 Å². The summed E-state index contributed by atoms with van der Waals surface area (Å²) >= 11 is 12.8. The van der Waals surface area contributed by atoms with Crippen molar-refractivity contribution in [3.63, 3.8) is 0 Å². The highest BCUT2D eigenvalue weighted by molar-refractivity contribution is 6.36. The zero-order valence-electron chi connectivity index (χ0n) is 23.6. The molecule has 222 valence electrons. The summed E-state index contributed by atoms with van der Waals surface area (Å²) in [7, 11) is 1.85. The number of primary amides is 2. The largest absolute Gasteiger partial charge is 0.484 e. The van der Waals surface area contributed by atoms with Gasteiger partial charge in [0, 0.05) is 41.3 Å². The molecule has 4 N–H and O–H groups in total. The van der Waals surface area contributed by atoms with Gasteiger partial charge in [0.25, 0.3) is 11.8 Å². The molecular weight excluding hydrogens is 577 g/mol. The van der Waals surface area contributed by atoms with Crippen LogP contribution >= 0.6 is 23.2 Å². The van der Waals surface area contributed by atoms with E-state index in [2.05, 4.69) is 4.90 Å². The Hall–Kier alpha value is -3.53. The number of rotatable bonds is 8. The first kappa shape index (κ1) is 29.9. The van der Waals surface area contributed by atoms with Crippen LogP contribution in [0, 0.1) is 0 Å². The highest BCUT2D eigenvalue weighted by atomic mass is 35.5. The number of benzene rings is 2. The highest BCUT2D eigenvalue weighted by Gasteiger charge is 2.46. The van der Waals surface area contributed by atoms with Crippen LogP contribution in [-0.2, 0) is 16.6 Å². The smallest absolute Gasteiger partial charge is 0.270 e. The van der Waals surface area contributed by atoms with Gasteiger partial charge in [-0.15, -0.1) is 0 Å². The molecule has 0 spiro atoms. The summed E-state index contributed by atoms with van der Waals surface area (Å²) in [6.45, 7) is 2.35. The van der Waals surface area contributed by atoms with E-state index in [9.17, 15) is 14.4 Å². The minimum absolute atomic E-state index is 0.131. The van der Waals surface area contributed by atoms with E-state index >= 15 is 0 Å². The number of hydrogen-bond acceptors (Lipinski definition) is 5. The third-order valence-electron chi connectivity index (χ3n) is 8.48. The molecule has 3 aromatic rings. The molecular formula is C31H35Cl2N5O4. The lowest BCUT2D eigenvalue weighted by molar-refractivity contribution is -0.134. The van der Waals surface area contributed by atoms with E-state index in [1.807, 2.05) is 35.9 Å². The van der Waals surface area contributed by atoms with E-state index in [-0.39, 0.29) is 18.4 Å². The molecule has 42 heavy (non-hydrogen) atoms. The molecule has 0 unspecified atom stereocenters. The Bertz CT molecular complexity index is 1490. The van der Waals surface area contributed by atoms with Crippen molar-refractivity contribution in [3.8, 4) is 28.1 Å². The number of nitrogens with two attached hydrogens (primary N) is 2. The maximum absolute atomic E-state index is 14.0. The molecule has 0 bridgehead atoms. The predicted octanol–water partition coefficient (Wildman–Crippen LogP) is 4.48. The molecule has 2 aliphatic heterocycles. The number of nitrogens with zero attached hydrogens (tertiary/aromatic N) is 3. The number of piperidine rings is 2. The molecule has 3 amide bonds. The quantitative estimate of drug-likeness (QED) is 0.389. The maximum atomic E-state index is 14.0. The fraction of sp³-hybridized carbons (Fsp3) is 0.387. The molecule has 5 rings (SSSR count). The van der Waals surface area contributed by atoms with E-state index < -0.39 is 11.4 Å². The van der Waals surface area contributed by atoms with Crippen molar-refractivity contribution in [2.24, 2.45) is 18.5 Å². The molecule has 11 heteroatoms. The van der Waals surface area contributed by atoms with Crippen molar-refractivity contribution in [1.82, 2.24) is 14.4 Å². The third kappa shape index (κ3) is 5.86. The number of hydrogen-bond donors (Lipinski definition) is 2. The average Bonchev–Trinajstić information content (AvgIpc) is 3.32. The van der Waals surface area contributed by atoms with Crippen molar-refractivity contribution in [2.75, 3.05) is 32.8 Å². The van der Waals surface area contributed by atoms with Gasteiger partial charge in [0.1, 0.15) is 17.0 Å². The maximum Gasteiger partial charge on any atom is 0.270 e. The molecule has 2 fully saturated rings. The zero-order valence-corrected chi connectivity index (χ0v) is 25.1. The first-order chi connectivity index (χ1) is 20.1. The van der Waals surface area contributed by atoms with Crippen molar-refractivity contribution in [2.45, 2.75) is 37.6 Å². The van der Waals surface area contributed by atoms with Gasteiger partial charge in [-0.1, -0.05) is 35.7 Å². The predicted molar refractivity (Wildman–Crippen MR) is 163 cm³/mol. The van der Waals surface area contributed by atoms with Crippen molar-refractivity contribution < 1.29 is 19.1 Å². The lowest BCUT2D eigenvalue weighted by atomic mass is 9.83. The van der Waals surface area contributed by atoms with Crippen LogP contribution in [0.3, 0.4) is 0 Å². The van der Waals surface area contributed by atoms with E-state index in [0.29, 0.717) is 47.4 Å². The number of amides is 3. The van der Waals surface area contributed by atoms with E-state index in [1.54, 1.807) is 29.2 Å². The van der Waals surface area contributed by atoms with Gasteiger partial charge in [0.15, 0.2) is 6.61 Å². The summed E-state index contributed by atoms with van der Waals surface area (Å²) in [5.74, 6) is -0.506.